The van der Waals surface area contributed by atoms with Crippen LogP contribution in [0.2, 0.25) is 0 Å². The summed E-state index contributed by atoms with van der Waals surface area (Å²) in [6, 6.07) is 9.98. The Morgan fingerprint density at radius 3 is 2.53 bits per heavy atom. The summed E-state index contributed by atoms with van der Waals surface area (Å²) in [5, 5.41) is 9.52. The summed E-state index contributed by atoms with van der Waals surface area (Å²) in [7, 11) is 0. The fourth-order valence-corrected chi connectivity index (χ4v) is 1.74. The van der Waals surface area contributed by atoms with Crippen molar-refractivity contribution in [3.63, 3.8) is 0 Å². The lowest BCUT2D eigenvalue weighted by Gasteiger charge is -2.05. The SMILES string of the molecule is O=C(c1ccccc1O)n1cccc1Br. The van der Waals surface area contributed by atoms with Gasteiger partial charge in [-0.3, -0.25) is 9.36 Å². The fraction of sp³-hybridized carbons (Fsp3) is 0. The maximum atomic E-state index is 11.9. The summed E-state index contributed by atoms with van der Waals surface area (Å²) < 4.78 is 2.09. The molecule has 0 aliphatic carbocycles. The van der Waals surface area contributed by atoms with Crippen LogP contribution in [0.25, 0.3) is 0 Å². The number of phenols is 1. The smallest absolute Gasteiger partial charge is 0.266 e. The van der Waals surface area contributed by atoms with E-state index in [1.54, 1.807) is 36.5 Å². The number of nitrogens with zero attached hydrogens (tertiary/aromatic N) is 1. The number of benzene rings is 1. The fourth-order valence-electron chi connectivity index (χ4n) is 1.31. The Kier molecular flexibility index (Phi) is 2.60. The van der Waals surface area contributed by atoms with E-state index in [0.29, 0.717) is 4.60 Å². The highest BCUT2D eigenvalue weighted by Gasteiger charge is 2.13. The first kappa shape index (κ1) is 9.98. The van der Waals surface area contributed by atoms with E-state index in [4.69, 9.17) is 0 Å². The molecule has 0 unspecified atom stereocenters. The second-order valence-electron chi connectivity index (χ2n) is 3.02. The van der Waals surface area contributed by atoms with E-state index in [1.165, 1.54) is 10.6 Å². The molecule has 76 valence electrons. The summed E-state index contributed by atoms with van der Waals surface area (Å²) in [5.74, 6) is -0.270. The predicted octanol–water partition coefficient (Wildman–Crippen LogP) is 2.64. The Labute approximate surface area is 95.1 Å². The van der Waals surface area contributed by atoms with Crippen molar-refractivity contribution in [1.29, 1.82) is 0 Å². The predicted molar refractivity (Wildman–Crippen MR) is 60.0 cm³/mol. The molecule has 0 radical (unpaired) electrons. The van der Waals surface area contributed by atoms with Gasteiger partial charge >= 0.3 is 0 Å². The molecule has 0 fully saturated rings. The standard InChI is InChI=1S/C11H8BrNO2/c12-10-6-3-7-13(10)11(15)8-4-1-2-5-9(8)14/h1-7,14H. The molecule has 1 N–H and O–H groups in total. The van der Waals surface area contributed by atoms with Crippen molar-refractivity contribution in [1.82, 2.24) is 4.57 Å². The molecule has 2 rings (SSSR count). The largest absolute Gasteiger partial charge is 0.507 e. The van der Waals surface area contributed by atoms with E-state index < -0.39 is 0 Å². The zero-order valence-corrected chi connectivity index (χ0v) is 9.31. The highest BCUT2D eigenvalue weighted by atomic mass is 79.9. The van der Waals surface area contributed by atoms with Crippen LogP contribution >= 0.6 is 15.9 Å². The number of para-hydroxylation sites is 1. The van der Waals surface area contributed by atoms with Crippen LogP contribution in [-0.4, -0.2) is 15.6 Å². The van der Waals surface area contributed by atoms with Crippen molar-refractivity contribution >= 4 is 21.8 Å². The molecule has 2 aromatic rings. The number of aromatic hydroxyl groups is 1. The van der Waals surface area contributed by atoms with Crippen LogP contribution in [0.15, 0.2) is 47.2 Å². The quantitative estimate of drug-likeness (QED) is 0.862. The molecule has 0 spiro atoms. The van der Waals surface area contributed by atoms with E-state index in [0.717, 1.165) is 0 Å². The van der Waals surface area contributed by atoms with Gasteiger partial charge in [0.05, 0.1) is 10.2 Å². The molecule has 1 aromatic heterocycles. The van der Waals surface area contributed by atoms with E-state index in [9.17, 15) is 9.90 Å². The molecule has 4 heteroatoms. The normalized spacial score (nSPS) is 10.2. The Bertz CT molecular complexity index is 505. The van der Waals surface area contributed by atoms with Crippen LogP contribution in [0.3, 0.4) is 0 Å². The molecule has 0 aliphatic heterocycles. The first-order valence-corrected chi connectivity index (χ1v) is 5.15. The maximum Gasteiger partial charge on any atom is 0.266 e. The van der Waals surface area contributed by atoms with E-state index >= 15 is 0 Å². The van der Waals surface area contributed by atoms with Gasteiger partial charge < -0.3 is 5.11 Å². The Balaban J connectivity index is 2.46. The van der Waals surface area contributed by atoms with Gasteiger partial charge in [0.25, 0.3) is 5.91 Å². The van der Waals surface area contributed by atoms with Crippen LogP contribution in [0, 0.1) is 0 Å². The van der Waals surface area contributed by atoms with Crippen molar-refractivity contribution in [3.8, 4) is 5.75 Å². The third kappa shape index (κ3) is 1.80. The number of hydrogen-bond acceptors (Lipinski definition) is 2. The lowest BCUT2D eigenvalue weighted by molar-refractivity contribution is 0.0955. The second kappa shape index (κ2) is 3.90. The molecule has 0 saturated heterocycles. The van der Waals surface area contributed by atoms with Crippen molar-refractivity contribution in [2.24, 2.45) is 0 Å². The van der Waals surface area contributed by atoms with Gasteiger partial charge in [0.1, 0.15) is 5.75 Å². The minimum atomic E-state index is -0.259. The molecule has 15 heavy (non-hydrogen) atoms. The number of hydrogen-bond donors (Lipinski definition) is 1. The zero-order valence-electron chi connectivity index (χ0n) is 7.72. The van der Waals surface area contributed by atoms with Gasteiger partial charge in [-0.25, -0.2) is 0 Å². The lowest BCUT2D eigenvalue weighted by Crippen LogP contribution is -2.10. The number of rotatable bonds is 1. The van der Waals surface area contributed by atoms with Gasteiger partial charge in [-0.05, 0) is 40.2 Å². The molecule has 0 aliphatic rings. The van der Waals surface area contributed by atoms with Crippen molar-refractivity contribution in [2.45, 2.75) is 0 Å². The molecule has 1 aromatic carbocycles. The third-order valence-electron chi connectivity index (χ3n) is 2.05. The van der Waals surface area contributed by atoms with Gasteiger partial charge in [-0.15, -0.1) is 0 Å². The first-order valence-electron chi connectivity index (χ1n) is 4.35. The Morgan fingerprint density at radius 1 is 1.20 bits per heavy atom. The molecular formula is C11H8BrNO2. The molecule has 0 saturated carbocycles. The van der Waals surface area contributed by atoms with Gasteiger partial charge in [-0.1, -0.05) is 12.1 Å². The topological polar surface area (TPSA) is 42.2 Å². The summed E-state index contributed by atoms with van der Waals surface area (Å²) >= 11 is 3.25. The van der Waals surface area contributed by atoms with E-state index in [1.807, 2.05) is 0 Å². The minimum Gasteiger partial charge on any atom is -0.507 e. The van der Waals surface area contributed by atoms with Crippen molar-refractivity contribution in [3.05, 3.63) is 52.8 Å². The minimum absolute atomic E-state index is 0.0110. The Hall–Kier alpha value is -1.55. The molecular weight excluding hydrogens is 258 g/mol. The average Bonchev–Trinajstić information content (AvgIpc) is 2.64. The van der Waals surface area contributed by atoms with Crippen LogP contribution in [0.4, 0.5) is 0 Å². The molecule has 0 atom stereocenters. The summed E-state index contributed by atoms with van der Waals surface area (Å²) in [4.78, 5) is 11.9. The van der Waals surface area contributed by atoms with Crippen LogP contribution < -0.4 is 0 Å². The van der Waals surface area contributed by atoms with Gasteiger partial charge in [0, 0.05) is 6.20 Å². The van der Waals surface area contributed by atoms with Crippen molar-refractivity contribution in [2.75, 3.05) is 0 Å². The van der Waals surface area contributed by atoms with E-state index in [2.05, 4.69) is 15.9 Å². The van der Waals surface area contributed by atoms with Crippen molar-refractivity contribution < 1.29 is 9.90 Å². The monoisotopic (exact) mass is 265 g/mol. The molecule has 1 heterocycles. The molecule has 0 bridgehead atoms. The maximum absolute atomic E-state index is 11.9. The third-order valence-corrected chi connectivity index (χ3v) is 2.70. The summed E-state index contributed by atoms with van der Waals surface area (Å²) in [5.41, 5.74) is 0.286. The van der Waals surface area contributed by atoms with Crippen LogP contribution in [0.5, 0.6) is 5.75 Å². The highest BCUT2D eigenvalue weighted by Crippen LogP contribution is 2.19. The number of aromatic nitrogens is 1. The number of phenolic OH excluding ortho intramolecular Hbond substituents is 1. The second-order valence-corrected chi connectivity index (χ2v) is 3.84. The van der Waals surface area contributed by atoms with E-state index in [-0.39, 0.29) is 17.2 Å². The Morgan fingerprint density at radius 2 is 1.93 bits per heavy atom. The zero-order chi connectivity index (χ0) is 10.8. The number of carbonyl (C=O) groups excluding carboxylic acids is 1. The average molecular weight is 266 g/mol. The van der Waals surface area contributed by atoms with Crippen LogP contribution in [-0.2, 0) is 0 Å². The molecule has 0 amide bonds. The lowest BCUT2D eigenvalue weighted by atomic mass is 10.2. The van der Waals surface area contributed by atoms with Gasteiger partial charge in [0.2, 0.25) is 0 Å². The highest BCUT2D eigenvalue weighted by molar-refractivity contribution is 9.10. The number of halogens is 1. The summed E-state index contributed by atoms with van der Waals surface area (Å²) in [6.07, 6.45) is 1.64. The molecule has 3 nitrogen and oxygen atoms in total. The van der Waals surface area contributed by atoms with Crippen LogP contribution in [0.1, 0.15) is 10.4 Å². The van der Waals surface area contributed by atoms with Gasteiger partial charge in [0.15, 0.2) is 0 Å². The van der Waals surface area contributed by atoms with Gasteiger partial charge in [-0.2, -0.15) is 0 Å². The first-order chi connectivity index (χ1) is 7.20. The summed E-state index contributed by atoms with van der Waals surface area (Å²) in [6.45, 7) is 0. The number of carbonyl (C=O) groups is 1.